The minimum Gasteiger partial charge on any atom is -0.711 e. The van der Waals surface area contributed by atoms with Gasteiger partial charge in [0, 0.05) is 20.3 Å². The number of hydrogen-bond donors (Lipinski definition) is 1. The molecule has 0 unspecified atom stereocenters. The number of rotatable bonds is 5. The monoisotopic (exact) mass is 244 g/mol. The summed E-state index contributed by atoms with van der Waals surface area (Å²) in [5.74, 6) is -0.139. The molecule has 1 N–H and O–H groups in total. The van der Waals surface area contributed by atoms with E-state index in [9.17, 15) is 10.0 Å². The third-order valence-electron chi connectivity index (χ3n) is 2.69. The Kier molecular flexibility index (Phi) is 4.23. The largest absolute Gasteiger partial charge is 0.711 e. The average Bonchev–Trinajstić information content (AvgIpc) is 2.47. The Bertz CT molecular complexity index is 390. The van der Waals surface area contributed by atoms with Crippen LogP contribution >= 0.6 is 11.8 Å². The number of carboxylic acid groups (broad SMARTS) is 1. The number of carboxylic acids is 1. The van der Waals surface area contributed by atoms with E-state index in [0.29, 0.717) is 22.5 Å². The third kappa shape index (κ3) is 2.49. The Hall–Kier alpha value is -1.17. The quantitative estimate of drug-likeness (QED) is 0.622. The maximum absolute atomic E-state index is 11.4. The van der Waals surface area contributed by atoms with Crippen LogP contribution in [0.25, 0.3) is 0 Å². The van der Waals surface area contributed by atoms with Crippen LogP contribution in [0.3, 0.4) is 0 Å². The van der Waals surface area contributed by atoms with E-state index in [2.05, 4.69) is 0 Å². The van der Waals surface area contributed by atoms with E-state index in [4.69, 9.17) is 5.11 Å². The van der Waals surface area contributed by atoms with Crippen molar-refractivity contribution in [2.45, 2.75) is 26.3 Å². The SMILES string of the molecule is CSCC[C@@H](C(=O)O)n1c[n+]([O-])c(C)c1C. The maximum atomic E-state index is 11.4. The fraction of sp³-hybridized carbons (Fsp3) is 0.600. The van der Waals surface area contributed by atoms with Crippen LogP contribution in [0.4, 0.5) is 0 Å². The molecule has 1 aromatic rings. The molecule has 0 aromatic carbocycles. The van der Waals surface area contributed by atoms with Gasteiger partial charge < -0.3 is 10.3 Å². The highest BCUT2D eigenvalue weighted by molar-refractivity contribution is 7.98. The van der Waals surface area contributed by atoms with E-state index < -0.39 is 12.0 Å². The van der Waals surface area contributed by atoms with Gasteiger partial charge in [-0.3, -0.25) is 0 Å². The molecule has 0 aliphatic carbocycles. The molecule has 0 amide bonds. The highest BCUT2D eigenvalue weighted by Gasteiger charge is 2.27. The molecule has 1 atom stereocenters. The maximum Gasteiger partial charge on any atom is 0.349 e. The number of hydrogen-bond acceptors (Lipinski definition) is 3. The van der Waals surface area contributed by atoms with Crippen molar-refractivity contribution < 1.29 is 14.6 Å². The molecule has 0 fully saturated rings. The van der Waals surface area contributed by atoms with E-state index in [0.717, 1.165) is 5.75 Å². The predicted octanol–water partition coefficient (Wildman–Crippen LogP) is 1.12. The second kappa shape index (κ2) is 5.25. The minimum absolute atomic E-state index is 0.519. The molecule has 0 saturated heterocycles. The van der Waals surface area contributed by atoms with Crippen LogP contribution in [0, 0.1) is 19.1 Å². The molecular formula is C10H16N2O3S. The summed E-state index contributed by atoms with van der Waals surface area (Å²) < 4.78 is 2.26. The van der Waals surface area contributed by atoms with Crippen molar-refractivity contribution in [3.63, 3.8) is 0 Å². The number of aliphatic carboxylic acids is 1. The zero-order valence-corrected chi connectivity index (χ0v) is 10.5. The minimum atomic E-state index is -0.896. The zero-order chi connectivity index (χ0) is 12.3. The van der Waals surface area contributed by atoms with Crippen LogP contribution in [0.1, 0.15) is 23.9 Å². The lowest BCUT2D eigenvalue weighted by atomic mass is 10.2. The summed E-state index contributed by atoms with van der Waals surface area (Å²) in [6.45, 7) is 3.45. The van der Waals surface area contributed by atoms with E-state index >= 15 is 0 Å². The molecule has 0 saturated carbocycles. The van der Waals surface area contributed by atoms with Crippen LogP contribution in [0.15, 0.2) is 6.33 Å². The van der Waals surface area contributed by atoms with Crippen LogP contribution < -0.4 is 4.73 Å². The van der Waals surface area contributed by atoms with Gasteiger partial charge in [-0.1, -0.05) is 0 Å². The Balaban J connectivity index is 3.01. The van der Waals surface area contributed by atoms with Crippen LogP contribution in [0.5, 0.6) is 0 Å². The lowest BCUT2D eigenvalue weighted by Gasteiger charge is -2.09. The number of aromatic nitrogens is 2. The van der Waals surface area contributed by atoms with Crippen molar-refractivity contribution in [1.82, 2.24) is 4.57 Å². The van der Waals surface area contributed by atoms with Crippen molar-refractivity contribution in [3.8, 4) is 0 Å². The smallest absolute Gasteiger partial charge is 0.349 e. The lowest BCUT2D eigenvalue weighted by Crippen LogP contribution is -2.27. The summed E-state index contributed by atoms with van der Waals surface area (Å²) in [6.07, 6.45) is 3.76. The van der Waals surface area contributed by atoms with Crippen LogP contribution in [-0.4, -0.2) is 27.7 Å². The van der Waals surface area contributed by atoms with Gasteiger partial charge in [0.1, 0.15) is 11.4 Å². The van der Waals surface area contributed by atoms with E-state index in [1.165, 1.54) is 6.33 Å². The van der Waals surface area contributed by atoms with Crippen molar-refractivity contribution in [3.05, 3.63) is 22.9 Å². The molecule has 1 heterocycles. The van der Waals surface area contributed by atoms with Gasteiger partial charge in [-0.15, -0.1) is 0 Å². The van der Waals surface area contributed by atoms with Crippen molar-refractivity contribution in [1.29, 1.82) is 0 Å². The first-order chi connectivity index (χ1) is 7.49. The topological polar surface area (TPSA) is 69.2 Å². The van der Waals surface area contributed by atoms with E-state index in [1.807, 2.05) is 6.26 Å². The van der Waals surface area contributed by atoms with Crippen molar-refractivity contribution >= 4 is 17.7 Å². The normalized spacial score (nSPS) is 12.7. The fourth-order valence-corrected chi connectivity index (χ4v) is 2.02. The Morgan fingerprint density at radius 1 is 1.69 bits per heavy atom. The molecule has 1 rings (SSSR count). The standard InChI is InChI=1S/C10H16N2O3S/c1-7-8(2)12(15)6-11(7)9(10(13)14)4-5-16-3/h6,9H,4-5H2,1-3H3,(H,13,14)/t9-/m0/s1. The molecule has 5 nitrogen and oxygen atoms in total. The first-order valence-corrected chi connectivity index (χ1v) is 6.37. The molecule has 0 aliphatic heterocycles. The number of nitrogens with zero attached hydrogens (tertiary/aromatic N) is 2. The van der Waals surface area contributed by atoms with E-state index in [1.54, 1.807) is 30.2 Å². The molecule has 90 valence electrons. The summed E-state index contributed by atoms with van der Waals surface area (Å²) in [6, 6.07) is -0.652. The average molecular weight is 244 g/mol. The van der Waals surface area contributed by atoms with Crippen LogP contribution in [-0.2, 0) is 4.79 Å². The highest BCUT2D eigenvalue weighted by atomic mass is 32.2. The molecule has 1 aromatic heterocycles. The lowest BCUT2D eigenvalue weighted by molar-refractivity contribution is -0.611. The number of carbonyl (C=O) groups is 1. The van der Waals surface area contributed by atoms with Gasteiger partial charge in [0.2, 0.25) is 6.33 Å². The van der Waals surface area contributed by atoms with Crippen molar-refractivity contribution in [2.24, 2.45) is 0 Å². The molecular weight excluding hydrogens is 228 g/mol. The zero-order valence-electron chi connectivity index (χ0n) is 9.64. The van der Waals surface area contributed by atoms with Gasteiger partial charge in [0.25, 0.3) is 0 Å². The van der Waals surface area contributed by atoms with Crippen LogP contribution in [0.2, 0.25) is 0 Å². The molecule has 0 aliphatic rings. The molecule has 0 spiro atoms. The summed E-state index contributed by atoms with van der Waals surface area (Å²) in [7, 11) is 0. The summed E-state index contributed by atoms with van der Waals surface area (Å²) in [4.78, 5) is 11.1. The molecule has 0 radical (unpaired) electrons. The number of thioether (sulfide) groups is 1. The fourth-order valence-electron chi connectivity index (χ4n) is 1.56. The van der Waals surface area contributed by atoms with Gasteiger partial charge in [0.15, 0.2) is 6.04 Å². The van der Waals surface area contributed by atoms with Crippen molar-refractivity contribution in [2.75, 3.05) is 12.0 Å². The molecule has 0 bridgehead atoms. The second-order valence-electron chi connectivity index (χ2n) is 3.65. The highest BCUT2D eigenvalue weighted by Crippen LogP contribution is 2.17. The summed E-state index contributed by atoms with van der Waals surface area (Å²) >= 11 is 1.60. The van der Waals surface area contributed by atoms with Gasteiger partial charge in [-0.2, -0.15) is 11.8 Å². The van der Waals surface area contributed by atoms with Gasteiger partial charge in [0.05, 0.1) is 0 Å². The van der Waals surface area contributed by atoms with E-state index in [-0.39, 0.29) is 0 Å². The second-order valence-corrected chi connectivity index (χ2v) is 4.64. The Labute approximate surface area is 98.7 Å². The molecule has 16 heavy (non-hydrogen) atoms. The van der Waals surface area contributed by atoms with Gasteiger partial charge in [-0.25, -0.2) is 14.1 Å². The molecule has 6 heteroatoms. The summed E-state index contributed by atoms with van der Waals surface area (Å²) in [5.41, 5.74) is 1.26. The first kappa shape index (κ1) is 12.9. The summed E-state index contributed by atoms with van der Waals surface area (Å²) in [5, 5.41) is 20.5. The van der Waals surface area contributed by atoms with Gasteiger partial charge in [-0.05, 0) is 12.0 Å². The van der Waals surface area contributed by atoms with Gasteiger partial charge >= 0.3 is 5.97 Å². The number of imidazole rings is 1. The predicted molar refractivity (Wildman–Crippen MR) is 62.5 cm³/mol. The third-order valence-corrected chi connectivity index (χ3v) is 3.33. The first-order valence-electron chi connectivity index (χ1n) is 4.98. The Morgan fingerprint density at radius 3 is 2.69 bits per heavy atom. The Morgan fingerprint density at radius 2 is 2.31 bits per heavy atom.